The zero-order valence-electron chi connectivity index (χ0n) is 19.2. The number of methoxy groups -OCH3 is 1. The van der Waals surface area contributed by atoms with Gasteiger partial charge in [-0.05, 0) is 60.5 Å². The minimum absolute atomic E-state index is 0.0634. The van der Waals surface area contributed by atoms with Crippen LogP contribution in [0.2, 0.25) is 0 Å². The van der Waals surface area contributed by atoms with Crippen LogP contribution in [0.15, 0.2) is 82.5 Å². The van der Waals surface area contributed by atoms with Crippen LogP contribution in [0.25, 0.3) is 11.0 Å². The molecular weight excluding hydrogens is 449 g/mol. The molecule has 5 rings (SSSR count). The minimum Gasteiger partial charge on any atom is -0.493 e. The maximum absolute atomic E-state index is 14.0. The van der Waals surface area contributed by atoms with Crippen LogP contribution in [-0.4, -0.2) is 19.6 Å². The van der Waals surface area contributed by atoms with Gasteiger partial charge in [0.2, 0.25) is 5.76 Å². The number of carbonyl (C=O) groups is 1. The van der Waals surface area contributed by atoms with Crippen molar-refractivity contribution in [1.82, 2.24) is 0 Å². The number of anilines is 1. The minimum atomic E-state index is -0.814. The molecule has 3 aromatic carbocycles. The standard InChI is InChI=1S/C28H22FNO5/c1-4-12-34-22-10-8-17(14-23(22)33-3)25-24-26(31)20-15-18(29)9-11-21(20)35-27(24)28(32)30(25)19-7-5-6-16(2)13-19/h4-11,13-15,25H,1,12H2,2-3H3. The number of fused-ring (bicyclic) bond motifs is 2. The van der Waals surface area contributed by atoms with Crippen molar-refractivity contribution in [2.75, 3.05) is 18.6 Å². The fourth-order valence-corrected chi connectivity index (χ4v) is 4.43. The van der Waals surface area contributed by atoms with E-state index in [9.17, 15) is 14.0 Å². The van der Waals surface area contributed by atoms with E-state index in [1.54, 1.807) is 30.3 Å². The normalized spacial score (nSPS) is 14.8. The zero-order chi connectivity index (χ0) is 24.7. The Balaban J connectivity index is 1.77. The zero-order valence-corrected chi connectivity index (χ0v) is 19.2. The number of ether oxygens (including phenoxy) is 2. The van der Waals surface area contributed by atoms with Crippen molar-refractivity contribution >= 4 is 22.6 Å². The van der Waals surface area contributed by atoms with Crippen molar-refractivity contribution in [3.05, 3.63) is 112 Å². The molecule has 1 aliphatic rings. The molecule has 1 aromatic heterocycles. The van der Waals surface area contributed by atoms with Crippen LogP contribution in [0.4, 0.5) is 10.1 Å². The lowest BCUT2D eigenvalue weighted by Gasteiger charge is -2.26. The van der Waals surface area contributed by atoms with Gasteiger partial charge in [0.1, 0.15) is 18.0 Å². The third-order valence-electron chi connectivity index (χ3n) is 5.97. The lowest BCUT2D eigenvalue weighted by Crippen LogP contribution is -2.29. The first-order valence-corrected chi connectivity index (χ1v) is 11.0. The van der Waals surface area contributed by atoms with E-state index < -0.39 is 23.2 Å². The van der Waals surface area contributed by atoms with Crippen molar-refractivity contribution in [1.29, 1.82) is 0 Å². The molecule has 176 valence electrons. The van der Waals surface area contributed by atoms with Gasteiger partial charge in [0.15, 0.2) is 16.9 Å². The van der Waals surface area contributed by atoms with E-state index in [1.165, 1.54) is 24.1 Å². The summed E-state index contributed by atoms with van der Waals surface area (Å²) in [5.74, 6) is -0.149. The number of rotatable bonds is 6. The van der Waals surface area contributed by atoms with E-state index in [2.05, 4.69) is 6.58 Å². The number of hydrogen-bond acceptors (Lipinski definition) is 5. The summed E-state index contributed by atoms with van der Waals surface area (Å²) in [6.07, 6.45) is 1.62. The molecule has 1 atom stereocenters. The number of nitrogens with zero attached hydrogens (tertiary/aromatic N) is 1. The molecule has 7 heteroatoms. The maximum atomic E-state index is 14.0. The molecule has 4 aromatic rings. The highest BCUT2D eigenvalue weighted by Crippen LogP contribution is 2.43. The van der Waals surface area contributed by atoms with Gasteiger partial charge in [0.25, 0.3) is 5.91 Å². The topological polar surface area (TPSA) is 69.0 Å². The maximum Gasteiger partial charge on any atom is 0.295 e. The second-order valence-electron chi connectivity index (χ2n) is 8.24. The second-order valence-corrected chi connectivity index (χ2v) is 8.24. The van der Waals surface area contributed by atoms with Crippen LogP contribution in [0, 0.1) is 12.7 Å². The van der Waals surface area contributed by atoms with Gasteiger partial charge in [-0.2, -0.15) is 0 Å². The Kier molecular flexibility index (Phi) is 5.61. The smallest absolute Gasteiger partial charge is 0.295 e. The van der Waals surface area contributed by atoms with E-state index >= 15 is 0 Å². The number of carbonyl (C=O) groups excluding carboxylic acids is 1. The molecule has 35 heavy (non-hydrogen) atoms. The van der Waals surface area contributed by atoms with Gasteiger partial charge >= 0.3 is 0 Å². The SMILES string of the molecule is C=CCOc1ccc(C2c3c(oc4ccc(F)cc4c3=O)C(=O)N2c2cccc(C)c2)cc1OC. The van der Waals surface area contributed by atoms with Crippen molar-refractivity contribution in [3.63, 3.8) is 0 Å². The summed E-state index contributed by atoms with van der Waals surface area (Å²) in [6.45, 7) is 5.86. The van der Waals surface area contributed by atoms with Crippen LogP contribution in [0.3, 0.4) is 0 Å². The molecule has 1 aliphatic heterocycles. The van der Waals surface area contributed by atoms with Gasteiger partial charge < -0.3 is 13.9 Å². The summed E-state index contributed by atoms with van der Waals surface area (Å²) in [6, 6.07) is 15.5. The van der Waals surface area contributed by atoms with Gasteiger partial charge in [0, 0.05) is 5.69 Å². The Morgan fingerprint density at radius 3 is 2.66 bits per heavy atom. The number of halogens is 1. The van der Waals surface area contributed by atoms with E-state index in [1.807, 2.05) is 25.1 Å². The molecule has 0 bridgehead atoms. The summed E-state index contributed by atoms with van der Waals surface area (Å²) in [7, 11) is 1.51. The Morgan fingerprint density at radius 2 is 1.91 bits per heavy atom. The molecular formula is C28H22FNO5. The fourth-order valence-electron chi connectivity index (χ4n) is 4.43. The first-order valence-electron chi connectivity index (χ1n) is 11.0. The molecule has 0 N–H and O–H groups in total. The molecule has 0 aliphatic carbocycles. The number of hydrogen-bond donors (Lipinski definition) is 0. The molecule has 2 heterocycles. The van der Waals surface area contributed by atoms with E-state index in [0.717, 1.165) is 11.6 Å². The quantitative estimate of drug-likeness (QED) is 0.344. The van der Waals surface area contributed by atoms with Crippen molar-refractivity contribution in [2.45, 2.75) is 13.0 Å². The molecule has 0 saturated carbocycles. The van der Waals surface area contributed by atoms with Gasteiger partial charge in [-0.1, -0.05) is 30.9 Å². The number of benzene rings is 3. The molecule has 0 saturated heterocycles. The third-order valence-corrected chi connectivity index (χ3v) is 5.97. The molecule has 1 unspecified atom stereocenters. The van der Waals surface area contributed by atoms with Crippen LogP contribution in [0.5, 0.6) is 11.5 Å². The third kappa shape index (κ3) is 3.75. The Hall–Kier alpha value is -4.39. The fraction of sp³-hybridized carbons (Fsp3) is 0.143. The van der Waals surface area contributed by atoms with Crippen molar-refractivity contribution < 1.29 is 23.1 Å². The largest absolute Gasteiger partial charge is 0.493 e. The highest BCUT2D eigenvalue weighted by molar-refractivity contribution is 6.10. The lowest BCUT2D eigenvalue weighted by atomic mass is 9.97. The highest BCUT2D eigenvalue weighted by Gasteiger charge is 2.44. The molecule has 0 spiro atoms. The Labute approximate surface area is 200 Å². The van der Waals surface area contributed by atoms with Crippen LogP contribution in [0.1, 0.15) is 33.3 Å². The average molecular weight is 471 g/mol. The van der Waals surface area contributed by atoms with E-state index in [4.69, 9.17) is 13.9 Å². The van der Waals surface area contributed by atoms with Gasteiger partial charge in [0.05, 0.1) is 24.1 Å². The predicted octanol–water partition coefficient (Wildman–Crippen LogP) is 5.56. The summed E-state index contributed by atoms with van der Waals surface area (Å²) < 4.78 is 31.1. The first-order chi connectivity index (χ1) is 16.9. The van der Waals surface area contributed by atoms with E-state index in [-0.39, 0.29) is 28.9 Å². The molecule has 0 radical (unpaired) electrons. The molecule has 1 amide bonds. The lowest BCUT2D eigenvalue weighted by molar-refractivity contribution is 0.0971. The highest BCUT2D eigenvalue weighted by atomic mass is 19.1. The monoisotopic (exact) mass is 471 g/mol. The summed E-state index contributed by atoms with van der Waals surface area (Å²) in [4.78, 5) is 28.8. The van der Waals surface area contributed by atoms with Gasteiger partial charge in [-0.25, -0.2) is 4.39 Å². The summed E-state index contributed by atoms with van der Waals surface area (Å²) >= 11 is 0. The molecule has 6 nitrogen and oxygen atoms in total. The summed E-state index contributed by atoms with van der Waals surface area (Å²) in [5, 5.41) is 0.0746. The van der Waals surface area contributed by atoms with E-state index in [0.29, 0.717) is 22.7 Å². The Bertz CT molecular complexity index is 1540. The average Bonchev–Trinajstić information content (AvgIpc) is 3.15. The number of aryl methyl sites for hydroxylation is 1. The Morgan fingerprint density at radius 1 is 1.09 bits per heavy atom. The van der Waals surface area contributed by atoms with Crippen LogP contribution < -0.4 is 19.8 Å². The predicted molar refractivity (Wildman–Crippen MR) is 131 cm³/mol. The van der Waals surface area contributed by atoms with Crippen LogP contribution in [-0.2, 0) is 0 Å². The van der Waals surface area contributed by atoms with Crippen molar-refractivity contribution in [3.8, 4) is 11.5 Å². The van der Waals surface area contributed by atoms with Crippen molar-refractivity contribution in [2.24, 2.45) is 0 Å². The van der Waals surface area contributed by atoms with Gasteiger partial charge in [-0.3, -0.25) is 14.5 Å². The van der Waals surface area contributed by atoms with Gasteiger partial charge in [-0.15, -0.1) is 0 Å². The summed E-state index contributed by atoms with van der Waals surface area (Å²) in [5.41, 5.74) is 2.01. The molecule has 0 fully saturated rings. The first kappa shape index (κ1) is 22.4. The number of amides is 1. The second kappa shape index (κ2) is 8.76. The van der Waals surface area contributed by atoms with Crippen LogP contribution >= 0.6 is 0 Å².